The number of ether oxygens (including phenoxy) is 13. The molecule has 9 aliphatic rings. The lowest BCUT2D eigenvalue weighted by Crippen LogP contribution is -2.68. The molecule has 4 saturated heterocycles. The van der Waals surface area contributed by atoms with E-state index in [2.05, 4.69) is 65.2 Å². The summed E-state index contributed by atoms with van der Waals surface area (Å²) in [6.07, 6.45) is 3.57. The number of methoxy groups -OCH3 is 1. The second kappa shape index (κ2) is 32.2. The van der Waals surface area contributed by atoms with Crippen LogP contribution in [-0.4, -0.2) is 142 Å². The standard InChI is InChI=1S/C85H122N2O17/c1-52-37-42-85(61(44-52)60-35-36-65-81(11)40-38-53(2)82(12,51-88)64(81)39-41-83(65,13)84(60,14)45-66(85)92-15)77(90)101-75-70(54(3)68(62(98-75)49-93-46-57-28-20-16-21-29-57)87-67(89)34-26-19-27-43-86-78(91)104-79(6,7)8)99-76-73-72(102-80(9,10)103-73)71(56(5)97-76)100-74-55(4)69(95-48-59-32-24-18-25-33-59)63(50-96-74)94-47-58-30-22-17-23-31-58/h16-18,20-25,28-33,35,51-56,61-66,68-76H,19,26-27,34,36-50H2,1-15H3,(H,86,91)(H,87,89)/t52-,53+,54?,55?,56?,61?,62?,63-,64-,65?,66?,68-,69?,70?,71+,72?,73?,74+,75+,76+,81?,82+,83+,84-,85-/m1/s1. The van der Waals surface area contributed by atoms with Crippen molar-refractivity contribution >= 4 is 24.3 Å². The number of rotatable bonds is 25. The average molecular weight is 1440 g/mol. The lowest BCUT2D eigenvalue weighted by Gasteiger charge is -2.71. The number of carbonyl (C=O) groups excluding carboxylic acids is 4. The summed E-state index contributed by atoms with van der Waals surface area (Å²) in [5.74, 6) is -1.63. The van der Waals surface area contributed by atoms with E-state index in [9.17, 15) is 14.4 Å². The highest BCUT2D eigenvalue weighted by molar-refractivity contribution is 5.80. The van der Waals surface area contributed by atoms with E-state index in [0.717, 1.165) is 61.6 Å². The maximum absolute atomic E-state index is 16.7. The summed E-state index contributed by atoms with van der Waals surface area (Å²) in [6.45, 7) is 31.2. The number of fused-ring (bicyclic) bond motifs is 8. The predicted molar refractivity (Wildman–Crippen MR) is 392 cm³/mol. The number of benzene rings is 3. The average Bonchev–Trinajstić information content (AvgIpc) is 0.749. The molecule has 3 aromatic carbocycles. The molecule has 4 heterocycles. The van der Waals surface area contributed by atoms with E-state index in [1.807, 2.05) is 139 Å². The topological polar surface area (TPSA) is 212 Å². The normalized spacial score (nSPS) is 40.2. The van der Waals surface area contributed by atoms with Gasteiger partial charge in [-0.3, -0.25) is 9.59 Å². The van der Waals surface area contributed by atoms with Gasteiger partial charge in [-0.1, -0.05) is 164 Å². The maximum Gasteiger partial charge on any atom is 0.407 e. The molecule has 0 bridgehead atoms. The van der Waals surface area contributed by atoms with Crippen LogP contribution in [0.4, 0.5) is 4.79 Å². The molecule has 12 unspecified atom stereocenters. The van der Waals surface area contributed by atoms with Gasteiger partial charge in [-0.25, -0.2) is 4.79 Å². The first kappa shape index (κ1) is 78.4. The first-order chi connectivity index (χ1) is 49.5. The molecule has 19 nitrogen and oxygen atoms in total. The van der Waals surface area contributed by atoms with Gasteiger partial charge in [0, 0.05) is 37.3 Å². The minimum Gasteiger partial charge on any atom is -0.444 e. The predicted octanol–water partition coefficient (Wildman–Crippen LogP) is 14.7. The van der Waals surface area contributed by atoms with Crippen molar-refractivity contribution in [3.63, 3.8) is 0 Å². The van der Waals surface area contributed by atoms with E-state index < -0.39 is 120 Å². The third kappa shape index (κ3) is 16.0. The van der Waals surface area contributed by atoms with Gasteiger partial charge in [0.2, 0.25) is 12.2 Å². The van der Waals surface area contributed by atoms with Gasteiger partial charge in [0.25, 0.3) is 0 Å². The molecule has 0 radical (unpaired) electrons. The largest absolute Gasteiger partial charge is 0.444 e. The summed E-state index contributed by atoms with van der Waals surface area (Å²) in [5.41, 5.74) is 1.73. The van der Waals surface area contributed by atoms with Gasteiger partial charge in [0.1, 0.15) is 53.9 Å². The quantitative estimate of drug-likeness (QED) is 0.0349. The van der Waals surface area contributed by atoms with Crippen LogP contribution in [0.3, 0.4) is 0 Å². The zero-order valence-corrected chi connectivity index (χ0v) is 64.7. The number of nitrogens with one attached hydrogen (secondary N) is 2. The summed E-state index contributed by atoms with van der Waals surface area (Å²) in [5, 5.41) is 6.21. The van der Waals surface area contributed by atoms with Gasteiger partial charge in [-0.2, -0.15) is 0 Å². The molecule has 4 aliphatic heterocycles. The van der Waals surface area contributed by atoms with Crippen molar-refractivity contribution in [2.24, 2.45) is 68.5 Å². The molecular formula is C85H122N2O17. The number of amides is 2. The number of hydrogen-bond donors (Lipinski definition) is 2. The lowest BCUT2D eigenvalue weighted by atomic mass is 9.33. The number of aldehydes is 1. The molecule has 4 saturated carbocycles. The molecule has 5 aliphatic carbocycles. The van der Waals surface area contributed by atoms with Crippen LogP contribution in [0.5, 0.6) is 0 Å². The highest BCUT2D eigenvalue weighted by Crippen LogP contribution is 2.76. The Balaban J connectivity index is 0.845. The summed E-state index contributed by atoms with van der Waals surface area (Å²) >= 11 is 0. The number of alkyl carbamates (subject to hydrolysis) is 1. The van der Waals surface area contributed by atoms with Crippen LogP contribution in [0.25, 0.3) is 0 Å². The summed E-state index contributed by atoms with van der Waals surface area (Å²) in [4.78, 5) is 57.0. The Hall–Kier alpha value is -5.16. The molecule has 12 rings (SSSR count). The SMILES string of the molecule is COC1C[C@]2(C)C(=CCC3C4(C)CC[C@H](C)[C@](C)(C=O)[C@@H]4CC[C@@]32C)C2C[C@H](C)CC[C@]12C(=O)O[C@@H]1OC(COCc2ccccc2)[C@H](NC(=O)CCCCCNC(=O)OC(C)(C)C)C(C)C1O[C@@H]1OC(C)[C@H](O[C@@H]2OC[C@@H](OCc3ccccc3)C(OCc3ccccc3)C2C)C2OC(C)(C)OC21. The Morgan fingerprint density at radius 1 is 0.683 bits per heavy atom. The molecule has 0 spiro atoms. The number of allylic oxidation sites excluding steroid dienone is 2. The van der Waals surface area contributed by atoms with Crippen molar-refractivity contribution in [3.8, 4) is 0 Å². The molecular weight excluding hydrogens is 1320 g/mol. The minimum absolute atomic E-state index is 0.0362. The molecule has 8 fully saturated rings. The Kier molecular flexibility index (Phi) is 24.3. The summed E-state index contributed by atoms with van der Waals surface area (Å²) in [7, 11) is 1.77. The van der Waals surface area contributed by atoms with Gasteiger partial charge in [-0.05, 0) is 175 Å². The minimum atomic E-state index is -1.35. The fourth-order valence-electron chi connectivity index (χ4n) is 20.7. The fraction of sp³-hybridized carbons (Fsp3) is 0.718. The fourth-order valence-corrected chi connectivity index (χ4v) is 20.7. The Morgan fingerprint density at radius 3 is 2.00 bits per heavy atom. The van der Waals surface area contributed by atoms with E-state index in [-0.39, 0.29) is 66.1 Å². The summed E-state index contributed by atoms with van der Waals surface area (Å²) < 4.78 is 89.0. The van der Waals surface area contributed by atoms with Crippen LogP contribution < -0.4 is 10.6 Å². The number of esters is 1. The molecule has 25 atom stereocenters. The van der Waals surface area contributed by atoms with E-state index in [0.29, 0.717) is 69.6 Å². The Bertz CT molecular complexity index is 3410. The molecule has 574 valence electrons. The third-order valence-electron chi connectivity index (χ3n) is 26.7. The van der Waals surface area contributed by atoms with Crippen LogP contribution in [0.15, 0.2) is 103 Å². The van der Waals surface area contributed by atoms with Gasteiger partial charge >= 0.3 is 12.1 Å². The number of hydrogen-bond acceptors (Lipinski definition) is 17. The van der Waals surface area contributed by atoms with E-state index in [4.69, 9.17) is 61.6 Å². The zero-order chi connectivity index (χ0) is 74.2. The first-order valence-electron chi connectivity index (χ1n) is 39.2. The van der Waals surface area contributed by atoms with Crippen LogP contribution in [0.1, 0.15) is 197 Å². The van der Waals surface area contributed by atoms with E-state index >= 15 is 4.79 Å². The van der Waals surface area contributed by atoms with Crippen molar-refractivity contribution in [1.29, 1.82) is 0 Å². The second-order valence-corrected chi connectivity index (χ2v) is 34.9. The van der Waals surface area contributed by atoms with Crippen LogP contribution in [0, 0.1) is 68.5 Å². The molecule has 2 N–H and O–H groups in total. The van der Waals surface area contributed by atoms with E-state index in [1.165, 1.54) is 11.9 Å². The van der Waals surface area contributed by atoms with Gasteiger partial charge in [0.15, 0.2) is 18.4 Å². The zero-order valence-electron chi connectivity index (χ0n) is 64.7. The Morgan fingerprint density at radius 2 is 1.34 bits per heavy atom. The molecule has 0 aromatic heterocycles. The van der Waals surface area contributed by atoms with Crippen molar-refractivity contribution < 1.29 is 80.8 Å². The highest BCUT2D eigenvalue weighted by atomic mass is 16.8. The highest BCUT2D eigenvalue weighted by Gasteiger charge is 2.72. The van der Waals surface area contributed by atoms with Crippen LogP contribution in [0.2, 0.25) is 0 Å². The summed E-state index contributed by atoms with van der Waals surface area (Å²) in [6, 6.07) is 29.3. The monoisotopic (exact) mass is 1440 g/mol. The van der Waals surface area contributed by atoms with Gasteiger partial charge in [0.05, 0.1) is 57.4 Å². The number of carbonyl (C=O) groups is 4. The second-order valence-electron chi connectivity index (χ2n) is 34.9. The van der Waals surface area contributed by atoms with Crippen LogP contribution in [-0.2, 0) is 95.8 Å². The first-order valence-corrected chi connectivity index (χ1v) is 39.2. The van der Waals surface area contributed by atoms with Crippen molar-refractivity contribution in [1.82, 2.24) is 10.6 Å². The smallest absolute Gasteiger partial charge is 0.407 e. The van der Waals surface area contributed by atoms with Crippen molar-refractivity contribution in [2.75, 3.05) is 26.9 Å². The molecule has 19 heteroatoms. The maximum atomic E-state index is 16.7. The van der Waals surface area contributed by atoms with E-state index in [1.54, 1.807) is 7.11 Å². The molecule has 2 amide bonds. The van der Waals surface area contributed by atoms with Gasteiger partial charge in [-0.15, -0.1) is 0 Å². The number of unbranched alkanes of at least 4 members (excludes halogenated alkanes) is 2. The third-order valence-corrected chi connectivity index (χ3v) is 26.7. The van der Waals surface area contributed by atoms with Crippen LogP contribution >= 0.6 is 0 Å². The van der Waals surface area contributed by atoms with Crippen molar-refractivity contribution in [3.05, 3.63) is 119 Å². The van der Waals surface area contributed by atoms with Gasteiger partial charge < -0.3 is 77.0 Å². The lowest BCUT2D eigenvalue weighted by molar-refractivity contribution is -0.354. The molecule has 3 aromatic rings. The Labute approximate surface area is 618 Å². The molecule has 104 heavy (non-hydrogen) atoms. The van der Waals surface area contributed by atoms with Crippen molar-refractivity contribution in [2.45, 2.75) is 291 Å².